The van der Waals surface area contributed by atoms with Crippen molar-refractivity contribution in [2.45, 2.75) is 12.0 Å². The molecule has 0 aliphatic rings. The number of hydrogen-bond acceptors (Lipinski definition) is 4. The van der Waals surface area contributed by atoms with Crippen molar-refractivity contribution in [2.24, 2.45) is 0 Å². The highest BCUT2D eigenvalue weighted by atomic mass is 32.2. The lowest BCUT2D eigenvalue weighted by molar-refractivity contribution is 0.461. The Balaban J connectivity index is 1.91. The van der Waals surface area contributed by atoms with Gasteiger partial charge in [-0.1, -0.05) is 18.2 Å². The Morgan fingerprint density at radius 1 is 1.14 bits per heavy atom. The molecule has 2 aromatic heterocycles. The molecule has 0 atom stereocenters. The summed E-state index contributed by atoms with van der Waals surface area (Å²) in [4.78, 5) is 0. The second kappa shape index (κ2) is 5.10. The molecule has 108 valence electrons. The molecular formula is C14H13N3O3S. The molecule has 6 nitrogen and oxygen atoms in total. The van der Waals surface area contributed by atoms with Gasteiger partial charge in [0.25, 0.3) is 10.0 Å². The van der Waals surface area contributed by atoms with Crippen LogP contribution in [-0.2, 0) is 10.0 Å². The number of rotatable bonds is 4. The summed E-state index contributed by atoms with van der Waals surface area (Å²) >= 11 is 0. The monoisotopic (exact) mass is 303 g/mol. The van der Waals surface area contributed by atoms with Gasteiger partial charge in [-0.25, -0.2) is 0 Å². The standard InChI is InChI=1S/C14H13N3O3S/c1-10-4-2-3-5-11(10)17-21(18,19)14-7-6-13(20-14)12-8-9-15-16-12/h2-9,17H,1H3,(H,15,16). The number of furan rings is 1. The second-order valence-corrected chi connectivity index (χ2v) is 6.12. The van der Waals surface area contributed by atoms with E-state index in [1.807, 2.05) is 19.1 Å². The third-order valence-electron chi connectivity index (χ3n) is 3.00. The molecule has 0 bridgehead atoms. The maximum atomic E-state index is 12.3. The molecule has 3 rings (SSSR count). The average molecular weight is 303 g/mol. The zero-order chi connectivity index (χ0) is 14.9. The minimum atomic E-state index is -3.76. The average Bonchev–Trinajstić information content (AvgIpc) is 3.11. The minimum Gasteiger partial charge on any atom is -0.441 e. The molecule has 0 spiro atoms. The fourth-order valence-electron chi connectivity index (χ4n) is 1.88. The van der Waals surface area contributed by atoms with Crippen LogP contribution in [-0.4, -0.2) is 18.6 Å². The lowest BCUT2D eigenvalue weighted by atomic mass is 10.2. The van der Waals surface area contributed by atoms with Gasteiger partial charge in [0.15, 0.2) is 5.76 Å². The van der Waals surface area contributed by atoms with E-state index in [0.29, 0.717) is 17.1 Å². The summed E-state index contributed by atoms with van der Waals surface area (Å²) < 4.78 is 32.5. The largest absolute Gasteiger partial charge is 0.441 e. The normalized spacial score (nSPS) is 11.5. The summed E-state index contributed by atoms with van der Waals surface area (Å²) in [6.07, 6.45) is 1.57. The van der Waals surface area contributed by atoms with E-state index < -0.39 is 10.0 Å². The van der Waals surface area contributed by atoms with Crippen molar-refractivity contribution < 1.29 is 12.8 Å². The van der Waals surface area contributed by atoms with Crippen LogP contribution in [0.25, 0.3) is 11.5 Å². The van der Waals surface area contributed by atoms with Gasteiger partial charge in [0, 0.05) is 6.20 Å². The first-order chi connectivity index (χ1) is 10.1. The molecule has 0 saturated carbocycles. The molecule has 0 fully saturated rings. The number of aromatic nitrogens is 2. The smallest absolute Gasteiger partial charge is 0.295 e. The van der Waals surface area contributed by atoms with E-state index in [1.165, 1.54) is 6.07 Å². The number of nitrogens with zero attached hydrogens (tertiary/aromatic N) is 1. The van der Waals surface area contributed by atoms with Gasteiger partial charge < -0.3 is 4.42 Å². The van der Waals surface area contributed by atoms with Crippen LogP contribution < -0.4 is 4.72 Å². The molecule has 1 aromatic carbocycles. The van der Waals surface area contributed by atoms with Crippen LogP contribution in [0.3, 0.4) is 0 Å². The van der Waals surface area contributed by atoms with Gasteiger partial charge in [0.05, 0.1) is 5.69 Å². The number of nitrogens with one attached hydrogen (secondary N) is 2. The fourth-order valence-corrected chi connectivity index (χ4v) is 2.95. The van der Waals surface area contributed by atoms with Crippen LogP contribution in [0.2, 0.25) is 0 Å². The van der Waals surface area contributed by atoms with Gasteiger partial charge >= 0.3 is 0 Å². The van der Waals surface area contributed by atoms with Crippen LogP contribution in [0.15, 0.2) is 58.2 Å². The Hall–Kier alpha value is -2.54. The molecule has 2 heterocycles. The highest BCUT2D eigenvalue weighted by molar-refractivity contribution is 7.92. The first kappa shape index (κ1) is 13.4. The highest BCUT2D eigenvalue weighted by Gasteiger charge is 2.20. The van der Waals surface area contributed by atoms with Crippen LogP contribution in [0.4, 0.5) is 5.69 Å². The topological polar surface area (TPSA) is 88.0 Å². The number of sulfonamides is 1. The Kier molecular flexibility index (Phi) is 3.26. The van der Waals surface area contributed by atoms with Crippen molar-refractivity contribution in [3.8, 4) is 11.5 Å². The van der Waals surface area contributed by atoms with Gasteiger partial charge in [-0.3, -0.25) is 9.82 Å². The number of anilines is 1. The quantitative estimate of drug-likeness (QED) is 0.775. The zero-order valence-electron chi connectivity index (χ0n) is 11.2. The van der Waals surface area contributed by atoms with Gasteiger partial charge in [-0.05, 0) is 36.8 Å². The zero-order valence-corrected chi connectivity index (χ0v) is 12.0. The highest BCUT2D eigenvalue weighted by Crippen LogP contribution is 2.25. The van der Waals surface area contributed by atoms with E-state index in [0.717, 1.165) is 5.56 Å². The summed E-state index contributed by atoms with van der Waals surface area (Å²) in [6, 6.07) is 11.8. The van der Waals surface area contributed by atoms with Crippen LogP contribution in [0.5, 0.6) is 0 Å². The van der Waals surface area contributed by atoms with E-state index in [-0.39, 0.29) is 5.09 Å². The molecule has 0 radical (unpaired) electrons. The summed E-state index contributed by atoms with van der Waals surface area (Å²) in [5, 5.41) is 6.37. The number of aryl methyl sites for hydroxylation is 1. The van der Waals surface area contributed by atoms with Crippen LogP contribution in [0, 0.1) is 6.92 Å². The lowest BCUT2D eigenvalue weighted by Crippen LogP contribution is -2.12. The number of aromatic amines is 1. The Bertz CT molecular complexity index is 851. The lowest BCUT2D eigenvalue weighted by Gasteiger charge is -2.08. The summed E-state index contributed by atoms with van der Waals surface area (Å²) in [5.74, 6) is 0.414. The van der Waals surface area contributed by atoms with E-state index in [1.54, 1.807) is 30.5 Å². The van der Waals surface area contributed by atoms with Crippen molar-refractivity contribution in [1.29, 1.82) is 0 Å². The fraction of sp³-hybridized carbons (Fsp3) is 0.0714. The van der Waals surface area contributed by atoms with Crippen molar-refractivity contribution in [3.05, 3.63) is 54.2 Å². The predicted molar refractivity (Wildman–Crippen MR) is 78.3 cm³/mol. The third kappa shape index (κ3) is 2.68. The van der Waals surface area contributed by atoms with Crippen LogP contribution >= 0.6 is 0 Å². The Morgan fingerprint density at radius 3 is 2.67 bits per heavy atom. The van der Waals surface area contributed by atoms with Crippen molar-refractivity contribution in [3.63, 3.8) is 0 Å². The SMILES string of the molecule is Cc1ccccc1NS(=O)(=O)c1ccc(-c2ccn[nH]2)o1. The molecule has 21 heavy (non-hydrogen) atoms. The molecule has 2 N–H and O–H groups in total. The molecular weight excluding hydrogens is 290 g/mol. The van der Waals surface area contributed by atoms with Gasteiger partial charge in [0.1, 0.15) is 5.69 Å². The first-order valence-electron chi connectivity index (χ1n) is 6.24. The maximum Gasteiger partial charge on any atom is 0.295 e. The maximum absolute atomic E-state index is 12.3. The molecule has 0 saturated heterocycles. The number of benzene rings is 1. The van der Waals surface area contributed by atoms with Crippen molar-refractivity contribution in [1.82, 2.24) is 10.2 Å². The number of hydrogen-bond donors (Lipinski definition) is 2. The Morgan fingerprint density at radius 2 is 1.95 bits per heavy atom. The molecule has 7 heteroatoms. The van der Waals surface area contributed by atoms with Crippen molar-refractivity contribution >= 4 is 15.7 Å². The van der Waals surface area contributed by atoms with Crippen LogP contribution in [0.1, 0.15) is 5.56 Å². The van der Waals surface area contributed by atoms with Gasteiger partial charge in [0.2, 0.25) is 5.09 Å². The van der Waals surface area contributed by atoms with Crippen molar-refractivity contribution in [2.75, 3.05) is 4.72 Å². The van der Waals surface area contributed by atoms with E-state index >= 15 is 0 Å². The predicted octanol–water partition coefficient (Wildman–Crippen LogP) is 2.78. The second-order valence-electron chi connectivity index (χ2n) is 4.51. The third-order valence-corrected chi connectivity index (χ3v) is 4.24. The minimum absolute atomic E-state index is 0.143. The molecule has 0 amide bonds. The number of para-hydroxylation sites is 1. The van der Waals surface area contributed by atoms with E-state index in [9.17, 15) is 8.42 Å². The summed E-state index contributed by atoms with van der Waals surface area (Å²) in [7, 11) is -3.76. The molecule has 0 aliphatic carbocycles. The van der Waals surface area contributed by atoms with E-state index in [4.69, 9.17) is 4.42 Å². The Labute approximate surface area is 121 Å². The molecule has 0 aliphatic heterocycles. The molecule has 3 aromatic rings. The molecule has 0 unspecified atom stereocenters. The van der Waals surface area contributed by atoms with Gasteiger partial charge in [-0.2, -0.15) is 13.5 Å². The number of H-pyrrole nitrogens is 1. The summed E-state index contributed by atoms with van der Waals surface area (Å²) in [6.45, 7) is 1.83. The van der Waals surface area contributed by atoms with E-state index in [2.05, 4.69) is 14.9 Å². The summed E-state index contributed by atoms with van der Waals surface area (Å²) in [5.41, 5.74) is 1.98. The first-order valence-corrected chi connectivity index (χ1v) is 7.72. The van der Waals surface area contributed by atoms with Gasteiger partial charge in [-0.15, -0.1) is 0 Å².